The third-order valence-electron chi connectivity index (χ3n) is 3.27. The molecule has 0 bridgehead atoms. The van der Waals surface area contributed by atoms with E-state index in [4.69, 9.17) is 4.74 Å². The number of carbonyl (C=O) groups excluding carboxylic acids is 1. The molecule has 2 N–H and O–H groups in total. The highest BCUT2D eigenvalue weighted by atomic mass is 16.5. The van der Waals surface area contributed by atoms with Crippen LogP contribution in [-0.4, -0.2) is 30.8 Å². The highest BCUT2D eigenvalue weighted by molar-refractivity contribution is 5.94. The summed E-state index contributed by atoms with van der Waals surface area (Å²) in [6.45, 7) is 4.75. The molecule has 1 amide bonds. The standard InChI is InChI=1S/C15H23NO3/c1-4-11(2)14(17)9-16-15(18)13-7-5-6-12(8-13)10-19-3/h5-8,11,14,17H,4,9-10H2,1-3H3,(H,16,18). The van der Waals surface area contributed by atoms with Crippen LogP contribution in [0.4, 0.5) is 0 Å². The summed E-state index contributed by atoms with van der Waals surface area (Å²) in [7, 11) is 1.62. The minimum atomic E-state index is -0.504. The quantitative estimate of drug-likeness (QED) is 0.792. The van der Waals surface area contributed by atoms with E-state index in [0.717, 1.165) is 12.0 Å². The minimum absolute atomic E-state index is 0.166. The number of hydrogen-bond donors (Lipinski definition) is 2. The molecule has 0 aromatic heterocycles. The second kappa shape index (κ2) is 7.92. The largest absolute Gasteiger partial charge is 0.391 e. The summed E-state index contributed by atoms with van der Waals surface area (Å²) in [5.41, 5.74) is 1.54. The number of ether oxygens (including phenoxy) is 1. The van der Waals surface area contributed by atoms with Gasteiger partial charge in [-0.3, -0.25) is 4.79 Å². The number of amides is 1. The summed E-state index contributed by atoms with van der Waals surface area (Å²) in [6.07, 6.45) is 0.386. The smallest absolute Gasteiger partial charge is 0.251 e. The van der Waals surface area contributed by atoms with Gasteiger partial charge >= 0.3 is 0 Å². The van der Waals surface area contributed by atoms with Crippen molar-refractivity contribution in [1.82, 2.24) is 5.32 Å². The Labute approximate surface area is 114 Å². The van der Waals surface area contributed by atoms with Crippen LogP contribution in [0.2, 0.25) is 0 Å². The Morgan fingerprint density at radius 2 is 2.21 bits per heavy atom. The first-order chi connectivity index (χ1) is 9.08. The van der Waals surface area contributed by atoms with Gasteiger partial charge in [-0.15, -0.1) is 0 Å². The maximum Gasteiger partial charge on any atom is 0.251 e. The molecule has 1 aromatic rings. The predicted molar refractivity (Wildman–Crippen MR) is 75.0 cm³/mol. The van der Waals surface area contributed by atoms with Crippen LogP contribution >= 0.6 is 0 Å². The highest BCUT2D eigenvalue weighted by Gasteiger charge is 2.14. The zero-order valence-corrected chi connectivity index (χ0v) is 11.8. The number of hydrogen-bond acceptors (Lipinski definition) is 3. The Balaban J connectivity index is 2.56. The SMILES string of the molecule is CCC(C)C(O)CNC(=O)c1cccc(COC)c1. The fraction of sp³-hybridized carbons (Fsp3) is 0.533. The maximum atomic E-state index is 12.0. The maximum absolute atomic E-state index is 12.0. The zero-order valence-electron chi connectivity index (χ0n) is 11.8. The van der Waals surface area contributed by atoms with Crippen LogP contribution in [-0.2, 0) is 11.3 Å². The van der Waals surface area contributed by atoms with Gasteiger partial charge in [-0.2, -0.15) is 0 Å². The van der Waals surface area contributed by atoms with Gasteiger partial charge in [0.2, 0.25) is 0 Å². The summed E-state index contributed by atoms with van der Waals surface area (Å²) in [4.78, 5) is 12.0. The predicted octanol–water partition coefficient (Wildman–Crippen LogP) is 1.97. The van der Waals surface area contributed by atoms with E-state index in [9.17, 15) is 9.90 Å². The lowest BCUT2D eigenvalue weighted by Gasteiger charge is -2.17. The first-order valence-electron chi connectivity index (χ1n) is 6.62. The van der Waals surface area contributed by atoms with Gasteiger partial charge in [-0.05, 0) is 23.6 Å². The molecule has 0 heterocycles. The molecule has 0 aliphatic carbocycles. The van der Waals surface area contributed by atoms with Gasteiger partial charge in [0, 0.05) is 19.2 Å². The van der Waals surface area contributed by atoms with Crippen molar-refractivity contribution < 1.29 is 14.6 Å². The van der Waals surface area contributed by atoms with Crippen LogP contribution < -0.4 is 5.32 Å². The molecule has 2 atom stereocenters. The van der Waals surface area contributed by atoms with Crippen molar-refractivity contribution in [2.45, 2.75) is 33.0 Å². The van der Waals surface area contributed by atoms with Crippen molar-refractivity contribution in [3.63, 3.8) is 0 Å². The number of carbonyl (C=O) groups is 1. The Kier molecular flexibility index (Phi) is 6.53. The van der Waals surface area contributed by atoms with E-state index in [0.29, 0.717) is 12.2 Å². The summed E-state index contributed by atoms with van der Waals surface area (Å²) < 4.78 is 5.04. The van der Waals surface area contributed by atoms with Gasteiger partial charge < -0.3 is 15.2 Å². The molecule has 106 valence electrons. The van der Waals surface area contributed by atoms with Crippen molar-refractivity contribution in [2.24, 2.45) is 5.92 Å². The summed E-state index contributed by atoms with van der Waals surface area (Å²) in [5, 5.41) is 12.6. The number of aliphatic hydroxyl groups is 1. The second-order valence-corrected chi connectivity index (χ2v) is 4.80. The topological polar surface area (TPSA) is 58.6 Å². The van der Waals surface area contributed by atoms with Gasteiger partial charge in [0.25, 0.3) is 5.91 Å². The Hall–Kier alpha value is -1.39. The van der Waals surface area contributed by atoms with Gasteiger partial charge in [0.1, 0.15) is 0 Å². The van der Waals surface area contributed by atoms with Gasteiger partial charge in [0.05, 0.1) is 12.7 Å². The van der Waals surface area contributed by atoms with E-state index in [1.54, 1.807) is 19.2 Å². The summed E-state index contributed by atoms with van der Waals surface area (Å²) in [5.74, 6) is 0.0143. The van der Waals surface area contributed by atoms with E-state index in [2.05, 4.69) is 5.32 Å². The second-order valence-electron chi connectivity index (χ2n) is 4.80. The Morgan fingerprint density at radius 3 is 2.84 bits per heavy atom. The third kappa shape index (κ3) is 5.01. The first-order valence-corrected chi connectivity index (χ1v) is 6.62. The number of methoxy groups -OCH3 is 1. The van der Waals surface area contributed by atoms with Crippen molar-refractivity contribution in [3.8, 4) is 0 Å². The lowest BCUT2D eigenvalue weighted by molar-refractivity contribution is 0.0850. The van der Waals surface area contributed by atoms with Gasteiger partial charge in [0.15, 0.2) is 0 Å². The van der Waals surface area contributed by atoms with E-state index in [-0.39, 0.29) is 18.4 Å². The molecular formula is C15H23NO3. The molecule has 1 rings (SSSR count). The molecule has 0 radical (unpaired) electrons. The van der Waals surface area contributed by atoms with Crippen molar-refractivity contribution in [1.29, 1.82) is 0 Å². The molecular weight excluding hydrogens is 242 g/mol. The van der Waals surface area contributed by atoms with Crippen molar-refractivity contribution in [2.75, 3.05) is 13.7 Å². The van der Waals surface area contributed by atoms with Gasteiger partial charge in [-0.25, -0.2) is 0 Å². The fourth-order valence-corrected chi connectivity index (χ4v) is 1.74. The van der Waals surface area contributed by atoms with Gasteiger partial charge in [-0.1, -0.05) is 32.4 Å². The van der Waals surface area contributed by atoms with Crippen LogP contribution in [0.1, 0.15) is 36.2 Å². The average Bonchev–Trinajstić information content (AvgIpc) is 2.44. The van der Waals surface area contributed by atoms with E-state index in [1.807, 2.05) is 26.0 Å². The van der Waals surface area contributed by atoms with E-state index < -0.39 is 6.10 Å². The monoisotopic (exact) mass is 265 g/mol. The molecule has 0 fully saturated rings. The molecule has 0 aliphatic heterocycles. The summed E-state index contributed by atoms with van der Waals surface area (Å²) >= 11 is 0. The highest BCUT2D eigenvalue weighted by Crippen LogP contribution is 2.08. The Morgan fingerprint density at radius 1 is 1.47 bits per heavy atom. The van der Waals surface area contributed by atoms with Crippen molar-refractivity contribution in [3.05, 3.63) is 35.4 Å². The average molecular weight is 265 g/mol. The fourth-order valence-electron chi connectivity index (χ4n) is 1.74. The Bertz CT molecular complexity index is 406. The molecule has 0 aliphatic rings. The minimum Gasteiger partial charge on any atom is -0.391 e. The zero-order chi connectivity index (χ0) is 14.3. The van der Waals surface area contributed by atoms with Crippen LogP contribution in [0.3, 0.4) is 0 Å². The molecule has 4 nitrogen and oxygen atoms in total. The van der Waals surface area contributed by atoms with E-state index in [1.165, 1.54) is 0 Å². The molecule has 1 aromatic carbocycles. The number of rotatable bonds is 7. The molecule has 2 unspecified atom stereocenters. The van der Waals surface area contributed by atoms with Crippen LogP contribution in [0, 0.1) is 5.92 Å². The summed E-state index contributed by atoms with van der Waals surface area (Å²) in [6, 6.07) is 7.29. The number of aliphatic hydroxyl groups excluding tert-OH is 1. The third-order valence-corrected chi connectivity index (χ3v) is 3.27. The van der Waals surface area contributed by atoms with Crippen molar-refractivity contribution >= 4 is 5.91 Å². The molecule has 0 spiro atoms. The molecule has 0 saturated carbocycles. The molecule has 4 heteroatoms. The van der Waals surface area contributed by atoms with Crippen LogP contribution in [0.5, 0.6) is 0 Å². The van der Waals surface area contributed by atoms with E-state index >= 15 is 0 Å². The first kappa shape index (κ1) is 15.7. The molecule has 0 saturated heterocycles. The number of nitrogens with one attached hydrogen (secondary N) is 1. The van der Waals surface area contributed by atoms with Crippen LogP contribution in [0.15, 0.2) is 24.3 Å². The lowest BCUT2D eigenvalue weighted by atomic mass is 10.0. The van der Waals surface area contributed by atoms with Crippen LogP contribution in [0.25, 0.3) is 0 Å². The number of benzene rings is 1. The normalized spacial score (nSPS) is 13.9. The molecule has 19 heavy (non-hydrogen) atoms. The lowest BCUT2D eigenvalue weighted by Crippen LogP contribution is -2.35.